The van der Waals surface area contributed by atoms with E-state index >= 15 is 0 Å². The molecule has 0 heterocycles. The molecule has 0 amide bonds. The summed E-state index contributed by atoms with van der Waals surface area (Å²) < 4.78 is 5.66. The highest BCUT2D eigenvalue weighted by molar-refractivity contribution is 14.1. The average molecular weight is 342 g/mol. The van der Waals surface area contributed by atoms with Crippen molar-refractivity contribution in [1.29, 1.82) is 0 Å². The average Bonchev–Trinajstić information content (AvgIpc) is 2.16. The van der Waals surface area contributed by atoms with Crippen molar-refractivity contribution in [3.63, 3.8) is 0 Å². The second kappa shape index (κ2) is 6.90. The van der Waals surface area contributed by atoms with Gasteiger partial charge in [-0.15, -0.1) is 12.4 Å². The molecule has 0 unspecified atom stereocenters. The summed E-state index contributed by atoms with van der Waals surface area (Å²) in [5.41, 5.74) is 7.56. The van der Waals surface area contributed by atoms with Gasteiger partial charge in [-0.25, -0.2) is 0 Å². The van der Waals surface area contributed by atoms with Crippen LogP contribution < -0.4 is 5.73 Å². The summed E-state index contributed by atoms with van der Waals surface area (Å²) in [6.45, 7) is 0. The van der Waals surface area contributed by atoms with Gasteiger partial charge in [-0.3, -0.25) is 4.79 Å². The van der Waals surface area contributed by atoms with E-state index in [0.29, 0.717) is 12.8 Å². The zero-order valence-corrected chi connectivity index (χ0v) is 11.3. The monoisotopic (exact) mass is 341 g/mol. The van der Waals surface area contributed by atoms with E-state index in [2.05, 4.69) is 27.3 Å². The molecule has 0 atom stereocenters. The fraction of sp³-hybridized carbons (Fsp3) is 0.300. The van der Waals surface area contributed by atoms with Gasteiger partial charge in [0.05, 0.1) is 7.11 Å². The summed E-state index contributed by atoms with van der Waals surface area (Å²) in [5, 5.41) is 0. The molecule has 0 saturated heterocycles. The van der Waals surface area contributed by atoms with Gasteiger partial charge in [0.2, 0.25) is 0 Å². The Balaban J connectivity index is 0.00000196. The Morgan fingerprint density at radius 1 is 1.53 bits per heavy atom. The molecule has 0 bridgehead atoms. The molecule has 15 heavy (non-hydrogen) atoms. The number of esters is 1. The van der Waals surface area contributed by atoms with Gasteiger partial charge in [0, 0.05) is 15.7 Å². The smallest absolute Gasteiger partial charge is 0.305 e. The molecule has 0 aliphatic rings. The normalized spacial score (nSPS) is 9.20. The summed E-state index contributed by atoms with van der Waals surface area (Å²) >= 11 is 2.21. The molecule has 1 rings (SSSR count). The zero-order valence-electron chi connectivity index (χ0n) is 8.33. The van der Waals surface area contributed by atoms with Crippen LogP contribution in [0, 0.1) is 3.57 Å². The first-order valence-corrected chi connectivity index (χ1v) is 5.32. The standard InChI is InChI=1S/C10H12INO2.ClH/c1-14-10(13)6-5-7-8(11)3-2-4-9(7)12;/h2-4H,5-6,12H2,1H3;1H. The number of hydrogen-bond acceptors (Lipinski definition) is 3. The van der Waals surface area contributed by atoms with E-state index < -0.39 is 0 Å². The van der Waals surface area contributed by atoms with E-state index in [9.17, 15) is 4.79 Å². The van der Waals surface area contributed by atoms with E-state index in [4.69, 9.17) is 5.73 Å². The Bertz CT molecular complexity index is 324. The van der Waals surface area contributed by atoms with Crippen LogP contribution in [0.1, 0.15) is 12.0 Å². The number of carbonyl (C=O) groups is 1. The Kier molecular flexibility index (Phi) is 6.67. The highest BCUT2D eigenvalue weighted by Gasteiger charge is 2.07. The maximum absolute atomic E-state index is 10.9. The number of carbonyl (C=O) groups excluding carboxylic acids is 1. The fourth-order valence-electron chi connectivity index (χ4n) is 1.17. The number of nitrogen functional groups attached to an aromatic ring is 1. The van der Waals surface area contributed by atoms with Crippen LogP contribution in [0.3, 0.4) is 0 Å². The molecule has 0 radical (unpaired) electrons. The lowest BCUT2D eigenvalue weighted by Gasteiger charge is -2.06. The number of hydrogen-bond donors (Lipinski definition) is 1. The van der Waals surface area contributed by atoms with Crippen molar-refractivity contribution in [2.75, 3.05) is 12.8 Å². The van der Waals surface area contributed by atoms with Crippen molar-refractivity contribution >= 4 is 46.7 Å². The number of nitrogens with two attached hydrogens (primary N) is 1. The van der Waals surface area contributed by atoms with Gasteiger partial charge in [0.15, 0.2) is 0 Å². The molecule has 0 aliphatic heterocycles. The van der Waals surface area contributed by atoms with E-state index in [-0.39, 0.29) is 18.4 Å². The predicted molar refractivity (Wildman–Crippen MR) is 71.2 cm³/mol. The first-order valence-electron chi connectivity index (χ1n) is 4.25. The lowest BCUT2D eigenvalue weighted by Crippen LogP contribution is -2.04. The van der Waals surface area contributed by atoms with Gasteiger partial charge in [-0.2, -0.15) is 0 Å². The zero-order chi connectivity index (χ0) is 10.6. The number of halogens is 2. The highest BCUT2D eigenvalue weighted by Crippen LogP contribution is 2.20. The van der Waals surface area contributed by atoms with Crippen molar-refractivity contribution in [3.05, 3.63) is 27.3 Å². The first-order chi connectivity index (χ1) is 6.65. The molecule has 0 aromatic heterocycles. The molecule has 84 valence electrons. The van der Waals surface area contributed by atoms with Crippen LogP contribution in [0.5, 0.6) is 0 Å². The third kappa shape index (κ3) is 4.25. The van der Waals surface area contributed by atoms with Gasteiger partial charge in [0.25, 0.3) is 0 Å². The molecule has 0 fully saturated rings. The number of rotatable bonds is 3. The molecule has 3 nitrogen and oxygen atoms in total. The Hall–Kier alpha value is -0.490. The van der Waals surface area contributed by atoms with Gasteiger partial charge < -0.3 is 10.5 Å². The lowest BCUT2D eigenvalue weighted by atomic mass is 10.1. The summed E-state index contributed by atoms with van der Waals surface area (Å²) in [5.74, 6) is -0.205. The molecule has 1 aromatic carbocycles. The Labute approximate surface area is 109 Å². The van der Waals surface area contributed by atoms with Crippen molar-refractivity contribution < 1.29 is 9.53 Å². The maximum atomic E-state index is 10.9. The van der Waals surface area contributed by atoms with Gasteiger partial charge >= 0.3 is 5.97 Å². The molecule has 2 N–H and O–H groups in total. The van der Waals surface area contributed by atoms with E-state index in [1.807, 2.05) is 18.2 Å². The fourth-order valence-corrected chi connectivity index (χ4v) is 1.96. The number of ether oxygens (including phenoxy) is 1. The SMILES string of the molecule is COC(=O)CCc1c(N)cccc1I.Cl. The molecular formula is C10H13ClINO2. The van der Waals surface area contributed by atoms with E-state index in [0.717, 1.165) is 14.8 Å². The third-order valence-electron chi connectivity index (χ3n) is 1.96. The highest BCUT2D eigenvalue weighted by atomic mass is 127. The largest absolute Gasteiger partial charge is 0.469 e. The van der Waals surface area contributed by atoms with Crippen LogP contribution in [0.4, 0.5) is 5.69 Å². The topological polar surface area (TPSA) is 52.3 Å². The van der Waals surface area contributed by atoms with E-state index in [1.165, 1.54) is 7.11 Å². The minimum atomic E-state index is -0.205. The lowest BCUT2D eigenvalue weighted by molar-refractivity contribution is -0.140. The van der Waals surface area contributed by atoms with Crippen LogP contribution in [0.15, 0.2) is 18.2 Å². The number of anilines is 1. The summed E-state index contributed by atoms with van der Waals surface area (Å²) in [7, 11) is 1.39. The van der Waals surface area contributed by atoms with Crippen LogP contribution in [-0.4, -0.2) is 13.1 Å². The molecular weight excluding hydrogens is 328 g/mol. The molecule has 0 spiro atoms. The minimum absolute atomic E-state index is 0. The summed E-state index contributed by atoms with van der Waals surface area (Å²) in [6.07, 6.45) is 1.01. The van der Waals surface area contributed by atoms with Crippen LogP contribution in [0.25, 0.3) is 0 Å². The van der Waals surface area contributed by atoms with Crippen LogP contribution >= 0.6 is 35.0 Å². The van der Waals surface area contributed by atoms with Crippen molar-refractivity contribution in [2.24, 2.45) is 0 Å². The molecule has 0 saturated carbocycles. The molecule has 5 heteroatoms. The Morgan fingerprint density at radius 3 is 2.73 bits per heavy atom. The molecule has 1 aromatic rings. The maximum Gasteiger partial charge on any atom is 0.305 e. The van der Waals surface area contributed by atoms with Crippen LogP contribution in [0.2, 0.25) is 0 Å². The second-order valence-corrected chi connectivity index (χ2v) is 4.05. The van der Waals surface area contributed by atoms with E-state index in [1.54, 1.807) is 0 Å². The predicted octanol–water partition coefficient (Wildman–Crippen LogP) is 2.40. The minimum Gasteiger partial charge on any atom is -0.469 e. The van der Waals surface area contributed by atoms with Crippen molar-refractivity contribution in [2.45, 2.75) is 12.8 Å². The number of methoxy groups -OCH3 is 1. The summed E-state index contributed by atoms with van der Waals surface area (Å²) in [6, 6.07) is 5.72. The van der Waals surface area contributed by atoms with Crippen molar-refractivity contribution in [3.8, 4) is 0 Å². The van der Waals surface area contributed by atoms with Crippen LogP contribution in [-0.2, 0) is 16.0 Å². The Morgan fingerprint density at radius 2 is 2.20 bits per heavy atom. The third-order valence-corrected chi connectivity index (χ3v) is 2.97. The van der Waals surface area contributed by atoms with Crippen molar-refractivity contribution in [1.82, 2.24) is 0 Å². The quantitative estimate of drug-likeness (QED) is 0.522. The first kappa shape index (κ1) is 14.5. The second-order valence-electron chi connectivity index (χ2n) is 2.88. The number of benzene rings is 1. The summed E-state index contributed by atoms with van der Waals surface area (Å²) in [4.78, 5) is 10.9. The van der Waals surface area contributed by atoms with Gasteiger partial charge in [0.1, 0.15) is 0 Å². The van der Waals surface area contributed by atoms with Gasteiger partial charge in [-0.1, -0.05) is 6.07 Å². The van der Waals surface area contributed by atoms with Gasteiger partial charge in [-0.05, 0) is 46.7 Å². The molecule has 0 aliphatic carbocycles.